The lowest BCUT2D eigenvalue weighted by Crippen LogP contribution is -2.54. The van der Waals surface area contributed by atoms with Crippen molar-refractivity contribution in [1.82, 2.24) is 16.0 Å². The summed E-state index contributed by atoms with van der Waals surface area (Å²) in [7, 11) is 0. The molecule has 1 aliphatic rings. The van der Waals surface area contributed by atoms with Gasteiger partial charge in [0.15, 0.2) is 12.2 Å². The molecule has 0 saturated carbocycles. The van der Waals surface area contributed by atoms with E-state index >= 15 is 0 Å². The second-order valence-electron chi connectivity index (χ2n) is 9.64. The van der Waals surface area contributed by atoms with Gasteiger partial charge >= 0.3 is 0 Å². The van der Waals surface area contributed by atoms with Gasteiger partial charge in [0.2, 0.25) is 11.8 Å². The van der Waals surface area contributed by atoms with E-state index in [1.807, 2.05) is 51.1 Å². The number of primary amides is 1. The predicted molar refractivity (Wildman–Crippen MR) is 136 cm³/mol. The number of hydrogen-bond acceptors (Lipinski definition) is 6. The summed E-state index contributed by atoms with van der Waals surface area (Å²) in [6.07, 6.45) is -1.52. The van der Waals surface area contributed by atoms with E-state index in [0.717, 1.165) is 5.56 Å². The molecule has 10 nitrogen and oxygen atoms in total. The summed E-state index contributed by atoms with van der Waals surface area (Å²) in [5, 5.41) is 17.5. The molecule has 2 aromatic rings. The van der Waals surface area contributed by atoms with E-state index in [-0.39, 0.29) is 24.1 Å². The number of epoxide rings is 1. The van der Waals surface area contributed by atoms with Gasteiger partial charge in [0.25, 0.3) is 11.8 Å². The molecule has 2 aromatic carbocycles. The third-order valence-corrected chi connectivity index (χ3v) is 6.04. The molecule has 0 aliphatic carbocycles. The molecule has 5 atom stereocenters. The average Bonchev–Trinajstić information content (AvgIpc) is 3.66. The molecular formula is C27H34N4O6. The van der Waals surface area contributed by atoms with Crippen LogP contribution in [0.1, 0.15) is 44.4 Å². The van der Waals surface area contributed by atoms with E-state index in [1.165, 1.54) is 12.1 Å². The van der Waals surface area contributed by atoms with Gasteiger partial charge in [-0.15, -0.1) is 0 Å². The van der Waals surface area contributed by atoms with Crippen LogP contribution >= 0.6 is 0 Å². The molecule has 2 unspecified atom stereocenters. The minimum Gasteiger partial charge on any atom is -0.508 e. The molecule has 0 radical (unpaired) electrons. The van der Waals surface area contributed by atoms with Gasteiger partial charge in [0.05, 0.1) is 6.04 Å². The minimum atomic E-state index is -1.02. The lowest BCUT2D eigenvalue weighted by atomic mass is 10.0. The summed E-state index contributed by atoms with van der Waals surface area (Å²) in [6, 6.07) is 13.4. The molecular weight excluding hydrogens is 476 g/mol. The van der Waals surface area contributed by atoms with Gasteiger partial charge in [0, 0.05) is 6.42 Å². The zero-order valence-electron chi connectivity index (χ0n) is 21.1. The van der Waals surface area contributed by atoms with Crippen molar-refractivity contribution in [2.45, 2.75) is 63.9 Å². The van der Waals surface area contributed by atoms with Crippen LogP contribution in [0, 0.1) is 5.92 Å². The quantitative estimate of drug-likeness (QED) is 0.268. The SMILES string of the molecule is CC(C)C[C@H](NC(=O)C1OC1C(=O)N[C@H](C)c1ccccc1)C(=O)N[C@@H](Cc1ccc(O)cc1)C(N)=O. The van der Waals surface area contributed by atoms with Gasteiger partial charge in [-0.25, -0.2) is 0 Å². The molecule has 1 saturated heterocycles. The van der Waals surface area contributed by atoms with E-state index in [4.69, 9.17) is 10.5 Å². The molecule has 37 heavy (non-hydrogen) atoms. The Morgan fingerprint density at radius 3 is 2.03 bits per heavy atom. The van der Waals surface area contributed by atoms with Gasteiger partial charge in [-0.1, -0.05) is 56.3 Å². The van der Waals surface area contributed by atoms with E-state index in [0.29, 0.717) is 12.0 Å². The van der Waals surface area contributed by atoms with Crippen LogP contribution in [0.15, 0.2) is 54.6 Å². The highest BCUT2D eigenvalue weighted by Gasteiger charge is 2.51. The molecule has 10 heteroatoms. The molecule has 0 spiro atoms. The second kappa shape index (κ2) is 12.4. The van der Waals surface area contributed by atoms with Crippen molar-refractivity contribution in [2.75, 3.05) is 0 Å². The van der Waals surface area contributed by atoms with E-state index in [1.54, 1.807) is 12.1 Å². The summed E-state index contributed by atoms with van der Waals surface area (Å²) >= 11 is 0. The molecule has 198 valence electrons. The Labute approximate surface area is 216 Å². The zero-order valence-corrected chi connectivity index (χ0v) is 21.1. The Hall–Kier alpha value is -3.92. The number of carbonyl (C=O) groups is 4. The van der Waals surface area contributed by atoms with Crippen LogP contribution in [0.5, 0.6) is 5.75 Å². The molecule has 3 rings (SSSR count). The van der Waals surface area contributed by atoms with E-state index in [9.17, 15) is 24.3 Å². The maximum absolute atomic E-state index is 13.0. The molecule has 4 amide bonds. The first-order valence-corrected chi connectivity index (χ1v) is 12.2. The summed E-state index contributed by atoms with van der Waals surface area (Å²) in [5.41, 5.74) is 7.11. The molecule has 0 bridgehead atoms. The second-order valence-corrected chi connectivity index (χ2v) is 9.64. The Kier molecular flexibility index (Phi) is 9.24. The highest BCUT2D eigenvalue weighted by molar-refractivity contribution is 5.97. The number of amides is 4. The Morgan fingerprint density at radius 2 is 1.46 bits per heavy atom. The predicted octanol–water partition coefficient (Wildman–Crippen LogP) is 1.08. The standard InChI is InChI=1S/C27H34N4O6/c1-15(2)13-21(25(34)30-20(24(28)33)14-17-9-11-19(32)12-10-17)31-27(36)23-22(37-23)26(35)29-16(3)18-7-5-4-6-8-18/h4-12,15-16,20-23,32H,13-14H2,1-3H3,(H2,28,33)(H,29,35)(H,30,34)(H,31,36)/t16-,20+,21+,22?,23?/m1/s1. The molecule has 6 N–H and O–H groups in total. The topological polar surface area (TPSA) is 163 Å². The van der Waals surface area contributed by atoms with Crippen LogP contribution in [-0.2, 0) is 30.3 Å². The van der Waals surface area contributed by atoms with Crippen molar-refractivity contribution in [2.24, 2.45) is 11.7 Å². The number of carbonyl (C=O) groups excluding carboxylic acids is 4. The number of nitrogens with two attached hydrogens (primary N) is 1. The summed E-state index contributed by atoms with van der Waals surface area (Å²) in [6.45, 7) is 5.62. The monoisotopic (exact) mass is 510 g/mol. The van der Waals surface area contributed by atoms with Gasteiger partial charge in [-0.3, -0.25) is 19.2 Å². The normalized spacial score (nSPS) is 18.8. The number of benzene rings is 2. The number of aromatic hydroxyl groups is 1. The number of nitrogens with one attached hydrogen (secondary N) is 3. The van der Waals surface area contributed by atoms with Gasteiger partial charge in [-0.05, 0) is 42.5 Å². The maximum Gasteiger partial charge on any atom is 0.253 e. The van der Waals surface area contributed by atoms with Crippen molar-refractivity contribution in [3.8, 4) is 5.75 Å². The Bertz CT molecular complexity index is 1110. The number of ether oxygens (including phenoxy) is 1. The molecule has 0 aromatic heterocycles. The van der Waals surface area contributed by atoms with Crippen molar-refractivity contribution in [3.63, 3.8) is 0 Å². The van der Waals surface area contributed by atoms with Crippen LogP contribution in [0.25, 0.3) is 0 Å². The highest BCUT2D eigenvalue weighted by atomic mass is 16.6. The van der Waals surface area contributed by atoms with Crippen LogP contribution in [0.4, 0.5) is 0 Å². The van der Waals surface area contributed by atoms with Crippen molar-refractivity contribution in [3.05, 3.63) is 65.7 Å². The van der Waals surface area contributed by atoms with Gasteiger partial charge in [0.1, 0.15) is 17.8 Å². The number of phenolic OH excluding ortho intramolecular Hbond substituents is 1. The number of hydrogen-bond donors (Lipinski definition) is 5. The van der Waals surface area contributed by atoms with Crippen LogP contribution in [0.2, 0.25) is 0 Å². The van der Waals surface area contributed by atoms with E-state index in [2.05, 4.69) is 16.0 Å². The smallest absolute Gasteiger partial charge is 0.253 e. The third-order valence-electron chi connectivity index (χ3n) is 6.04. The third kappa shape index (κ3) is 8.04. The first kappa shape index (κ1) is 27.7. The van der Waals surface area contributed by atoms with Crippen molar-refractivity contribution in [1.29, 1.82) is 0 Å². The van der Waals surface area contributed by atoms with Gasteiger partial charge < -0.3 is 31.5 Å². The molecule has 1 aliphatic heterocycles. The Balaban J connectivity index is 1.58. The maximum atomic E-state index is 13.0. The zero-order chi connectivity index (χ0) is 27.1. The largest absolute Gasteiger partial charge is 0.508 e. The summed E-state index contributed by atoms with van der Waals surface area (Å²) in [4.78, 5) is 50.4. The van der Waals surface area contributed by atoms with Crippen LogP contribution < -0.4 is 21.7 Å². The van der Waals surface area contributed by atoms with Crippen molar-refractivity contribution < 1.29 is 29.0 Å². The summed E-state index contributed by atoms with van der Waals surface area (Å²) in [5.74, 6) is -2.17. The highest BCUT2D eigenvalue weighted by Crippen LogP contribution is 2.24. The first-order chi connectivity index (χ1) is 17.5. The fourth-order valence-corrected chi connectivity index (χ4v) is 3.95. The summed E-state index contributed by atoms with van der Waals surface area (Å²) < 4.78 is 5.32. The fourth-order valence-electron chi connectivity index (χ4n) is 3.95. The molecule has 1 fully saturated rings. The minimum absolute atomic E-state index is 0.0473. The number of phenols is 1. The van der Waals surface area contributed by atoms with Crippen LogP contribution in [0.3, 0.4) is 0 Å². The van der Waals surface area contributed by atoms with Crippen LogP contribution in [-0.4, -0.2) is 53.0 Å². The average molecular weight is 511 g/mol. The molecule has 1 heterocycles. The van der Waals surface area contributed by atoms with E-state index < -0.39 is 47.9 Å². The Morgan fingerprint density at radius 1 is 0.865 bits per heavy atom. The van der Waals surface area contributed by atoms with Gasteiger partial charge in [-0.2, -0.15) is 0 Å². The lowest BCUT2D eigenvalue weighted by molar-refractivity contribution is -0.132. The number of rotatable bonds is 12. The van der Waals surface area contributed by atoms with Crippen molar-refractivity contribution >= 4 is 23.6 Å². The lowest BCUT2D eigenvalue weighted by Gasteiger charge is -2.23. The fraction of sp³-hybridized carbons (Fsp3) is 0.407. The first-order valence-electron chi connectivity index (χ1n) is 12.2.